The van der Waals surface area contributed by atoms with Crippen LogP contribution in [0.25, 0.3) is 0 Å². The van der Waals surface area contributed by atoms with Gasteiger partial charge in [0.25, 0.3) is 0 Å². The minimum absolute atomic E-state index is 0.205. The first kappa shape index (κ1) is 13.9. The maximum atomic E-state index is 10.7. The van der Waals surface area contributed by atoms with E-state index in [1.165, 1.54) is 19.8 Å². The van der Waals surface area contributed by atoms with Gasteiger partial charge in [0.15, 0.2) is 0 Å². The highest BCUT2D eigenvalue weighted by Gasteiger charge is 2.17. The van der Waals surface area contributed by atoms with Crippen molar-refractivity contribution in [3.8, 4) is 0 Å². The fraction of sp³-hybridized carbons (Fsp3) is 0.769. The lowest BCUT2D eigenvalue weighted by Crippen LogP contribution is -2.43. The fourth-order valence-electron chi connectivity index (χ4n) is 1.95. The summed E-state index contributed by atoms with van der Waals surface area (Å²) in [5.41, 5.74) is 0. The van der Waals surface area contributed by atoms with Crippen LogP contribution in [-0.2, 0) is 9.53 Å². The van der Waals surface area contributed by atoms with Crippen LogP contribution in [0.1, 0.15) is 33.6 Å². The Morgan fingerprint density at radius 1 is 1.41 bits per heavy atom. The molecule has 1 atom stereocenters. The molecule has 0 bridgehead atoms. The third-order valence-electron chi connectivity index (χ3n) is 2.99. The second-order valence-corrected chi connectivity index (χ2v) is 4.57. The number of esters is 1. The van der Waals surface area contributed by atoms with Gasteiger partial charge in [-0.3, -0.25) is 4.79 Å². The molecule has 1 aliphatic rings. The normalized spacial score (nSPS) is 19.6. The van der Waals surface area contributed by atoms with Gasteiger partial charge in [-0.1, -0.05) is 13.3 Å². The van der Waals surface area contributed by atoms with Crippen molar-refractivity contribution in [2.24, 2.45) is 0 Å². The Bertz CT molecular complexity index is 266. The molecule has 4 nitrogen and oxygen atoms in total. The highest BCUT2D eigenvalue weighted by Crippen LogP contribution is 2.11. The summed E-state index contributed by atoms with van der Waals surface area (Å²) in [6, 6.07) is 0.479. The molecule has 0 aromatic rings. The van der Waals surface area contributed by atoms with E-state index in [0.29, 0.717) is 12.6 Å². The molecule has 0 saturated heterocycles. The predicted molar refractivity (Wildman–Crippen MR) is 68.4 cm³/mol. The zero-order valence-corrected chi connectivity index (χ0v) is 11.2. The van der Waals surface area contributed by atoms with E-state index in [9.17, 15) is 4.79 Å². The zero-order valence-electron chi connectivity index (χ0n) is 11.2. The minimum Gasteiger partial charge on any atom is -0.464 e. The van der Waals surface area contributed by atoms with E-state index in [4.69, 9.17) is 4.74 Å². The van der Waals surface area contributed by atoms with Crippen molar-refractivity contribution in [2.75, 3.05) is 26.2 Å². The molecule has 17 heavy (non-hydrogen) atoms. The number of hydrogen-bond donors (Lipinski definition) is 0. The first-order valence-corrected chi connectivity index (χ1v) is 6.45. The van der Waals surface area contributed by atoms with Crippen LogP contribution in [0.3, 0.4) is 0 Å². The highest BCUT2D eigenvalue weighted by molar-refractivity contribution is 5.65. The van der Waals surface area contributed by atoms with Crippen molar-refractivity contribution in [3.63, 3.8) is 0 Å². The third kappa shape index (κ3) is 5.11. The lowest BCUT2D eigenvalue weighted by molar-refractivity contribution is -0.141. The van der Waals surface area contributed by atoms with Crippen LogP contribution in [0.5, 0.6) is 0 Å². The van der Waals surface area contributed by atoms with Gasteiger partial charge in [-0.05, 0) is 13.3 Å². The van der Waals surface area contributed by atoms with Gasteiger partial charge in [0.1, 0.15) is 6.61 Å². The van der Waals surface area contributed by atoms with Crippen molar-refractivity contribution in [3.05, 3.63) is 12.4 Å². The number of unbranched alkanes of at least 4 members (excludes halogenated alkanes) is 1. The van der Waals surface area contributed by atoms with Crippen molar-refractivity contribution in [2.45, 2.75) is 39.7 Å². The summed E-state index contributed by atoms with van der Waals surface area (Å²) in [6.07, 6.45) is 6.72. The van der Waals surface area contributed by atoms with E-state index in [-0.39, 0.29) is 5.97 Å². The van der Waals surface area contributed by atoms with E-state index in [1.807, 2.05) is 0 Å². The van der Waals surface area contributed by atoms with Gasteiger partial charge < -0.3 is 14.5 Å². The van der Waals surface area contributed by atoms with E-state index >= 15 is 0 Å². The second-order valence-electron chi connectivity index (χ2n) is 4.57. The van der Waals surface area contributed by atoms with Gasteiger partial charge in [0.05, 0.1) is 6.54 Å². The average molecular weight is 240 g/mol. The summed E-state index contributed by atoms with van der Waals surface area (Å²) in [5.74, 6) is -0.205. The summed E-state index contributed by atoms with van der Waals surface area (Å²) in [5, 5.41) is 0. The molecule has 0 aliphatic carbocycles. The van der Waals surface area contributed by atoms with Crippen LogP contribution in [-0.4, -0.2) is 48.1 Å². The zero-order chi connectivity index (χ0) is 12.7. The first-order valence-electron chi connectivity index (χ1n) is 6.45. The van der Waals surface area contributed by atoms with Crippen molar-refractivity contribution in [1.82, 2.24) is 9.80 Å². The van der Waals surface area contributed by atoms with Crippen molar-refractivity contribution < 1.29 is 9.53 Å². The maximum Gasteiger partial charge on any atom is 0.302 e. The monoisotopic (exact) mass is 240 g/mol. The van der Waals surface area contributed by atoms with E-state index in [2.05, 4.69) is 36.0 Å². The number of ether oxygens (including phenoxy) is 1. The molecular weight excluding hydrogens is 216 g/mol. The van der Waals surface area contributed by atoms with Gasteiger partial charge in [0.2, 0.25) is 0 Å². The summed E-state index contributed by atoms with van der Waals surface area (Å²) in [4.78, 5) is 15.3. The van der Waals surface area contributed by atoms with Gasteiger partial charge in [-0.2, -0.15) is 0 Å². The Balaban J connectivity index is 2.30. The molecule has 0 aromatic heterocycles. The first-order chi connectivity index (χ1) is 8.13. The number of carbonyl (C=O) groups is 1. The molecular formula is C13H24N2O2. The van der Waals surface area contributed by atoms with E-state index in [1.54, 1.807) is 0 Å². The predicted octanol–water partition coefficient (Wildman–Crippen LogP) is 1.83. The number of nitrogens with zero attached hydrogens (tertiary/aromatic N) is 2. The molecule has 0 aromatic carbocycles. The van der Waals surface area contributed by atoms with Crippen molar-refractivity contribution >= 4 is 5.97 Å². The highest BCUT2D eigenvalue weighted by atomic mass is 16.5. The Morgan fingerprint density at radius 2 is 2.18 bits per heavy atom. The molecule has 0 radical (unpaired) electrons. The van der Waals surface area contributed by atoms with E-state index in [0.717, 1.165) is 19.6 Å². The molecule has 0 spiro atoms. The van der Waals surface area contributed by atoms with Crippen LogP contribution in [0.2, 0.25) is 0 Å². The minimum atomic E-state index is -0.205. The van der Waals surface area contributed by atoms with Crippen LogP contribution in [0.15, 0.2) is 12.4 Å². The molecule has 1 rings (SSSR count). The molecule has 4 heteroatoms. The molecule has 1 aliphatic heterocycles. The van der Waals surface area contributed by atoms with Crippen molar-refractivity contribution in [1.29, 1.82) is 0 Å². The lowest BCUT2D eigenvalue weighted by atomic mass is 10.2. The quantitative estimate of drug-likeness (QED) is 0.663. The maximum absolute atomic E-state index is 10.7. The number of carbonyl (C=O) groups excluding carboxylic acids is 1. The fourth-order valence-corrected chi connectivity index (χ4v) is 1.95. The van der Waals surface area contributed by atoms with Gasteiger partial charge in [-0.15, -0.1) is 0 Å². The molecule has 0 unspecified atom stereocenters. The summed E-state index contributed by atoms with van der Waals surface area (Å²) in [6.45, 7) is 9.30. The summed E-state index contributed by atoms with van der Waals surface area (Å²) in [7, 11) is 0. The molecule has 0 amide bonds. The van der Waals surface area contributed by atoms with Gasteiger partial charge in [0, 0.05) is 38.5 Å². The van der Waals surface area contributed by atoms with Crippen LogP contribution >= 0.6 is 0 Å². The third-order valence-corrected chi connectivity index (χ3v) is 2.99. The molecule has 0 N–H and O–H groups in total. The SMILES string of the molecule is CCCCN1C=CN(CCOC(C)=O)[C@H](C)C1. The summed E-state index contributed by atoms with van der Waals surface area (Å²) < 4.78 is 4.96. The molecule has 98 valence electrons. The average Bonchev–Trinajstić information content (AvgIpc) is 2.28. The molecule has 0 saturated carbocycles. The number of rotatable bonds is 6. The van der Waals surface area contributed by atoms with Crippen LogP contribution in [0.4, 0.5) is 0 Å². The Hall–Kier alpha value is -1.19. The smallest absolute Gasteiger partial charge is 0.302 e. The Labute approximate surface area is 104 Å². The van der Waals surface area contributed by atoms with Crippen LogP contribution in [0, 0.1) is 0 Å². The van der Waals surface area contributed by atoms with Crippen LogP contribution < -0.4 is 0 Å². The van der Waals surface area contributed by atoms with Gasteiger partial charge in [-0.25, -0.2) is 0 Å². The standard InChI is InChI=1S/C13H24N2O2/c1-4-5-6-14-7-8-15(12(2)11-14)9-10-17-13(3)16/h7-8,12H,4-6,9-11H2,1-3H3/t12-/m1/s1. The largest absolute Gasteiger partial charge is 0.464 e. The van der Waals surface area contributed by atoms with Gasteiger partial charge >= 0.3 is 5.97 Å². The second kappa shape index (κ2) is 7.20. The Morgan fingerprint density at radius 3 is 2.76 bits per heavy atom. The lowest BCUT2D eigenvalue weighted by Gasteiger charge is -2.36. The Kier molecular flexibility index (Phi) is 5.87. The summed E-state index contributed by atoms with van der Waals surface area (Å²) >= 11 is 0. The topological polar surface area (TPSA) is 32.8 Å². The number of hydrogen-bond acceptors (Lipinski definition) is 4. The molecule has 1 heterocycles. The molecule has 0 fully saturated rings. The van der Waals surface area contributed by atoms with E-state index < -0.39 is 0 Å².